The van der Waals surface area contributed by atoms with Crippen LogP contribution in [0.25, 0.3) is 12.2 Å². The van der Waals surface area contributed by atoms with Crippen LogP contribution < -0.4 is 0 Å². The Morgan fingerprint density at radius 3 is 2.18 bits per heavy atom. The summed E-state index contributed by atoms with van der Waals surface area (Å²) in [5.41, 5.74) is 2.98. The molecule has 0 atom stereocenters. The van der Waals surface area contributed by atoms with Crippen molar-refractivity contribution in [2.45, 2.75) is 0 Å². The molecule has 1 radical (unpaired) electrons. The fraction of sp³-hybridized carbons (Fsp3) is 0. The van der Waals surface area contributed by atoms with Gasteiger partial charge in [0.25, 0.3) is 0 Å². The van der Waals surface area contributed by atoms with E-state index >= 15 is 0 Å². The summed E-state index contributed by atoms with van der Waals surface area (Å²) >= 11 is 0. The third-order valence-electron chi connectivity index (χ3n) is 2.35. The summed E-state index contributed by atoms with van der Waals surface area (Å²) in [5.74, 6) is 2.43. The summed E-state index contributed by atoms with van der Waals surface area (Å²) in [4.78, 5) is 0. The fourth-order valence-corrected chi connectivity index (χ4v) is 1.51. The quantitative estimate of drug-likeness (QED) is 0.343. The topological polar surface area (TPSA) is 0 Å². The van der Waals surface area contributed by atoms with Gasteiger partial charge in [-0.1, -0.05) is 66.2 Å². The summed E-state index contributed by atoms with van der Waals surface area (Å²) in [5, 5.41) is 0. The average Bonchev–Trinajstić information content (AvgIpc) is 2.38. The molecule has 0 heterocycles. The van der Waals surface area contributed by atoms with Crippen molar-refractivity contribution >= 4 is 12.2 Å². The first-order chi connectivity index (χ1) is 7.90. The van der Waals surface area contributed by atoms with Crippen LogP contribution >= 0.6 is 0 Å². The minimum Gasteiger partial charge on any atom is -0.366 e. The molecule has 2 aromatic rings. The maximum absolute atomic E-state index is 7.18. The van der Waals surface area contributed by atoms with E-state index in [4.69, 9.17) is 6.42 Å². The van der Waals surface area contributed by atoms with Gasteiger partial charge in [0.1, 0.15) is 0 Å². The Morgan fingerprint density at radius 1 is 0.824 bits per heavy atom. The van der Waals surface area contributed by atoms with Gasteiger partial charge in [-0.05, 0) is 5.56 Å². The second-order valence-corrected chi connectivity index (χ2v) is 3.46. The van der Waals surface area contributed by atoms with Gasteiger partial charge in [-0.3, -0.25) is 5.92 Å². The van der Waals surface area contributed by atoms with E-state index < -0.39 is 0 Å². The van der Waals surface area contributed by atoms with Crippen molar-refractivity contribution in [2.75, 3.05) is 0 Å². The van der Waals surface area contributed by atoms with Crippen LogP contribution in [0.2, 0.25) is 0 Å². The van der Waals surface area contributed by atoms with Crippen molar-refractivity contribution in [3.05, 3.63) is 77.7 Å². The van der Waals surface area contributed by atoms with E-state index in [1.807, 2.05) is 66.7 Å². The first-order valence-corrected chi connectivity index (χ1v) is 5.15. The van der Waals surface area contributed by atoms with Crippen molar-refractivity contribution in [1.29, 1.82) is 0 Å². The van der Waals surface area contributed by atoms with Crippen LogP contribution in [0.3, 0.4) is 0 Å². The molecule has 0 spiro atoms. The van der Waals surface area contributed by atoms with Crippen LogP contribution in [0.15, 0.2) is 54.6 Å². The smallest absolute Gasteiger partial charge is 0.366 e. The van der Waals surface area contributed by atoms with Gasteiger partial charge in [-0.15, -0.1) is 11.6 Å². The van der Waals surface area contributed by atoms with Gasteiger partial charge >= 0.3 is 19.5 Å². The average molecular weight is 304 g/mol. The molecule has 0 aliphatic carbocycles. The van der Waals surface area contributed by atoms with Gasteiger partial charge in [0.05, 0.1) is 0 Å². The summed E-state index contributed by atoms with van der Waals surface area (Å²) in [6, 6.07) is 17.9. The van der Waals surface area contributed by atoms with Gasteiger partial charge in [-0.2, -0.15) is 0 Å². The molecular formula is C16H11Ru. The molecule has 1 heteroatoms. The maximum atomic E-state index is 7.18. The zero-order valence-electron chi connectivity index (χ0n) is 9.20. The molecule has 0 fully saturated rings. The molecule has 2 aromatic carbocycles. The molecule has 0 saturated carbocycles. The molecule has 17 heavy (non-hydrogen) atoms. The van der Waals surface area contributed by atoms with Crippen LogP contribution in [0.5, 0.6) is 0 Å². The van der Waals surface area contributed by atoms with Gasteiger partial charge in [0, 0.05) is 0 Å². The van der Waals surface area contributed by atoms with Crippen LogP contribution in [-0.4, -0.2) is 0 Å². The molecular weight excluding hydrogens is 293 g/mol. The Labute approximate surface area is 115 Å². The molecule has 0 unspecified atom stereocenters. The first kappa shape index (κ1) is 13.4. The summed E-state index contributed by atoms with van der Waals surface area (Å²) in [6.07, 6.45) is 11.2. The summed E-state index contributed by atoms with van der Waals surface area (Å²) in [6.45, 7) is 0. The van der Waals surface area contributed by atoms with E-state index in [-0.39, 0.29) is 19.5 Å². The van der Waals surface area contributed by atoms with E-state index in [9.17, 15) is 0 Å². The molecule has 83 valence electrons. The monoisotopic (exact) mass is 305 g/mol. The number of rotatable bonds is 2. The normalized spacial score (nSPS) is 9.59. The van der Waals surface area contributed by atoms with Crippen LogP contribution in [0, 0.1) is 12.3 Å². The largest absolute Gasteiger partial charge is 1.00 e. The number of benzene rings is 2. The van der Waals surface area contributed by atoms with Crippen molar-refractivity contribution in [3.63, 3.8) is 0 Å². The van der Waals surface area contributed by atoms with Crippen molar-refractivity contribution in [3.8, 4) is 5.92 Å². The fourth-order valence-electron chi connectivity index (χ4n) is 1.51. The van der Waals surface area contributed by atoms with Crippen molar-refractivity contribution < 1.29 is 19.5 Å². The molecule has 0 amide bonds. The Hall–Kier alpha value is -1.64. The second kappa shape index (κ2) is 6.84. The van der Waals surface area contributed by atoms with Gasteiger partial charge in [0.2, 0.25) is 0 Å². The van der Waals surface area contributed by atoms with Crippen molar-refractivity contribution in [2.24, 2.45) is 0 Å². The molecule has 0 aliphatic heterocycles. The predicted octanol–water partition coefficient (Wildman–Crippen LogP) is 3.79. The molecule has 0 saturated heterocycles. The summed E-state index contributed by atoms with van der Waals surface area (Å²) in [7, 11) is 0. The van der Waals surface area contributed by atoms with E-state index in [0.29, 0.717) is 0 Å². The number of hydrogen-bond donors (Lipinski definition) is 0. The second-order valence-electron chi connectivity index (χ2n) is 3.46. The standard InChI is InChI=1S/C16H11.Ru/c1-2-15-10-6-7-11-16(15)13-12-14-8-4-3-5-9-14;/h3-13H;/q-1;+1. The van der Waals surface area contributed by atoms with E-state index in [2.05, 4.69) is 5.92 Å². The van der Waals surface area contributed by atoms with E-state index in [1.165, 1.54) is 0 Å². The van der Waals surface area contributed by atoms with Crippen LogP contribution in [0.4, 0.5) is 0 Å². The molecule has 0 nitrogen and oxygen atoms in total. The Morgan fingerprint density at radius 2 is 1.47 bits per heavy atom. The predicted molar refractivity (Wildman–Crippen MR) is 68.0 cm³/mol. The van der Waals surface area contributed by atoms with Crippen LogP contribution in [0.1, 0.15) is 16.7 Å². The zero-order chi connectivity index (χ0) is 11.2. The van der Waals surface area contributed by atoms with Crippen LogP contribution in [-0.2, 0) is 19.5 Å². The molecule has 0 N–H and O–H groups in total. The zero-order valence-corrected chi connectivity index (χ0v) is 10.9. The maximum Gasteiger partial charge on any atom is 1.00 e. The first-order valence-electron chi connectivity index (χ1n) is 5.15. The SMILES string of the molecule is [C-]#Cc1ccccc1C=Cc1ccccc1.[Ru+]. The Bertz CT molecular complexity index is 533. The molecule has 2 rings (SSSR count). The Balaban J connectivity index is 0.00000144. The molecule has 0 aromatic heterocycles. The minimum atomic E-state index is 0. The van der Waals surface area contributed by atoms with Gasteiger partial charge in [0.15, 0.2) is 0 Å². The van der Waals surface area contributed by atoms with E-state index in [1.54, 1.807) is 0 Å². The van der Waals surface area contributed by atoms with Gasteiger partial charge < -0.3 is 6.42 Å². The van der Waals surface area contributed by atoms with Gasteiger partial charge in [-0.25, -0.2) is 0 Å². The van der Waals surface area contributed by atoms with E-state index in [0.717, 1.165) is 16.7 Å². The molecule has 0 aliphatic rings. The molecule has 0 bridgehead atoms. The number of hydrogen-bond acceptors (Lipinski definition) is 0. The third-order valence-corrected chi connectivity index (χ3v) is 2.35. The minimum absolute atomic E-state index is 0. The van der Waals surface area contributed by atoms with Crippen molar-refractivity contribution in [1.82, 2.24) is 0 Å². The summed E-state index contributed by atoms with van der Waals surface area (Å²) < 4.78 is 0. The third kappa shape index (κ3) is 3.70. The Kier molecular flexibility index (Phi) is 5.40.